The Morgan fingerprint density at radius 3 is 1.91 bits per heavy atom. The minimum absolute atomic E-state index is 0.0187. The van der Waals surface area contributed by atoms with Crippen LogP contribution in [0.1, 0.15) is 54.4 Å². The Kier molecular flexibility index (Phi) is 11.3. The lowest BCUT2D eigenvalue weighted by atomic mass is 10.1. The molecule has 0 fully saturated rings. The number of esters is 2. The summed E-state index contributed by atoms with van der Waals surface area (Å²) in [7, 11) is 0. The van der Waals surface area contributed by atoms with Crippen molar-refractivity contribution < 1.29 is 38.8 Å². The largest absolute Gasteiger partial charge is 0.460 e. The van der Waals surface area contributed by atoms with Crippen LogP contribution in [0.25, 0.3) is 0 Å². The predicted octanol–water partition coefficient (Wildman–Crippen LogP) is 2.40. The summed E-state index contributed by atoms with van der Waals surface area (Å²) in [5.41, 5.74) is -0.710. The second-order valence-electron chi connectivity index (χ2n) is 9.67. The van der Waals surface area contributed by atoms with Crippen LogP contribution in [0.3, 0.4) is 0 Å². The van der Waals surface area contributed by atoms with E-state index in [1.54, 1.807) is 70.7 Å². The SMILES string of the molecule is CC(C)(C)OC(=O)CCC(NC(=O)Oc1ccc(N(CCO)CCO)cc1)C(=O)OC(C)(C)C. The quantitative estimate of drug-likeness (QED) is 0.406. The molecule has 10 heteroatoms. The number of hydrogen-bond donors (Lipinski definition) is 3. The zero-order valence-electron chi connectivity index (χ0n) is 20.9. The van der Waals surface area contributed by atoms with Crippen molar-refractivity contribution in [2.45, 2.75) is 71.6 Å². The van der Waals surface area contributed by atoms with Crippen LogP contribution in [-0.2, 0) is 19.1 Å². The Bertz CT molecular complexity index is 791. The van der Waals surface area contributed by atoms with Gasteiger partial charge in [-0.25, -0.2) is 9.59 Å². The van der Waals surface area contributed by atoms with Crippen molar-refractivity contribution in [1.29, 1.82) is 0 Å². The number of aliphatic hydroxyl groups excluding tert-OH is 2. The molecule has 0 aromatic heterocycles. The molecule has 0 heterocycles. The van der Waals surface area contributed by atoms with Crippen LogP contribution in [0.4, 0.5) is 10.5 Å². The van der Waals surface area contributed by atoms with Crippen molar-refractivity contribution in [3.05, 3.63) is 24.3 Å². The Labute approximate surface area is 201 Å². The normalized spacial score (nSPS) is 12.5. The molecule has 0 saturated carbocycles. The van der Waals surface area contributed by atoms with E-state index in [0.29, 0.717) is 13.1 Å². The monoisotopic (exact) mass is 482 g/mol. The van der Waals surface area contributed by atoms with Crippen LogP contribution in [0.2, 0.25) is 0 Å². The number of carbonyl (C=O) groups excluding carboxylic acids is 3. The van der Waals surface area contributed by atoms with Crippen LogP contribution >= 0.6 is 0 Å². The van der Waals surface area contributed by atoms with Crippen LogP contribution < -0.4 is 15.0 Å². The number of benzene rings is 1. The second kappa shape index (κ2) is 13.1. The van der Waals surface area contributed by atoms with Gasteiger partial charge in [0, 0.05) is 25.2 Å². The predicted molar refractivity (Wildman–Crippen MR) is 127 cm³/mol. The highest BCUT2D eigenvalue weighted by molar-refractivity contribution is 5.83. The van der Waals surface area contributed by atoms with E-state index in [9.17, 15) is 14.4 Å². The van der Waals surface area contributed by atoms with Crippen LogP contribution in [0, 0.1) is 0 Å². The lowest BCUT2D eigenvalue weighted by molar-refractivity contribution is -0.158. The third-order valence-electron chi connectivity index (χ3n) is 4.19. The van der Waals surface area contributed by atoms with Crippen LogP contribution in [0.5, 0.6) is 5.75 Å². The number of nitrogens with zero attached hydrogens (tertiary/aromatic N) is 1. The van der Waals surface area contributed by atoms with Gasteiger partial charge < -0.3 is 34.6 Å². The molecule has 0 aliphatic rings. The lowest BCUT2D eigenvalue weighted by Gasteiger charge is -2.25. The van der Waals surface area contributed by atoms with Gasteiger partial charge in [0.25, 0.3) is 0 Å². The fraction of sp³-hybridized carbons (Fsp3) is 0.625. The van der Waals surface area contributed by atoms with Crippen molar-refractivity contribution in [3.63, 3.8) is 0 Å². The molecular weight excluding hydrogens is 444 g/mol. The third-order valence-corrected chi connectivity index (χ3v) is 4.19. The van der Waals surface area contributed by atoms with Crippen LogP contribution in [0.15, 0.2) is 24.3 Å². The van der Waals surface area contributed by atoms with Gasteiger partial charge in [0.2, 0.25) is 0 Å². The molecule has 1 rings (SSSR count). The number of carbonyl (C=O) groups is 3. The first kappa shape index (κ1) is 29.2. The van der Waals surface area contributed by atoms with E-state index in [-0.39, 0.29) is 31.8 Å². The van der Waals surface area contributed by atoms with Gasteiger partial charge in [-0.05, 0) is 72.2 Å². The first-order valence-electron chi connectivity index (χ1n) is 11.2. The molecule has 192 valence electrons. The van der Waals surface area contributed by atoms with Crippen molar-refractivity contribution in [1.82, 2.24) is 5.32 Å². The van der Waals surface area contributed by atoms with Gasteiger partial charge in [0.1, 0.15) is 23.0 Å². The highest BCUT2D eigenvalue weighted by Gasteiger charge is 2.29. The van der Waals surface area contributed by atoms with Gasteiger partial charge in [-0.2, -0.15) is 0 Å². The number of aliphatic hydroxyl groups is 2. The Morgan fingerprint density at radius 2 is 1.44 bits per heavy atom. The van der Waals surface area contributed by atoms with Gasteiger partial charge in [0.15, 0.2) is 0 Å². The molecule has 1 aromatic carbocycles. The first-order valence-corrected chi connectivity index (χ1v) is 11.2. The summed E-state index contributed by atoms with van der Waals surface area (Å²) >= 11 is 0. The smallest absolute Gasteiger partial charge is 0.413 e. The maximum absolute atomic E-state index is 12.6. The maximum atomic E-state index is 12.6. The fourth-order valence-corrected chi connectivity index (χ4v) is 2.89. The highest BCUT2D eigenvalue weighted by Crippen LogP contribution is 2.20. The zero-order chi connectivity index (χ0) is 25.9. The van der Waals surface area contributed by atoms with Gasteiger partial charge >= 0.3 is 18.0 Å². The Balaban J connectivity index is 2.82. The van der Waals surface area contributed by atoms with E-state index in [4.69, 9.17) is 24.4 Å². The zero-order valence-corrected chi connectivity index (χ0v) is 20.9. The molecule has 0 spiro atoms. The standard InChI is InChI=1S/C24H38N2O8/c1-23(2,3)33-20(29)12-11-19(21(30)34-24(4,5)6)25-22(31)32-18-9-7-17(8-10-18)26(13-15-27)14-16-28/h7-10,19,27-28H,11-16H2,1-6H3,(H,25,31). The molecule has 10 nitrogen and oxygen atoms in total. The molecule has 0 aliphatic heterocycles. The molecule has 0 bridgehead atoms. The summed E-state index contributed by atoms with van der Waals surface area (Å²) in [6.07, 6.45) is -0.994. The summed E-state index contributed by atoms with van der Waals surface area (Å²) < 4.78 is 15.9. The van der Waals surface area contributed by atoms with Crippen molar-refractivity contribution in [2.75, 3.05) is 31.2 Å². The Hall–Kier alpha value is -2.85. The molecular formula is C24H38N2O8. The summed E-state index contributed by atoms with van der Waals surface area (Å²) in [4.78, 5) is 38.9. The average Bonchev–Trinajstić information content (AvgIpc) is 2.69. The van der Waals surface area contributed by atoms with Crippen LogP contribution in [-0.4, -0.2) is 71.8 Å². The van der Waals surface area contributed by atoms with E-state index in [2.05, 4.69) is 5.32 Å². The molecule has 0 saturated heterocycles. The molecule has 1 atom stereocenters. The van der Waals surface area contributed by atoms with E-state index in [1.165, 1.54) is 0 Å². The van der Waals surface area contributed by atoms with Gasteiger partial charge in [-0.3, -0.25) is 4.79 Å². The number of nitrogens with one attached hydrogen (secondary N) is 1. The van der Waals surface area contributed by atoms with Gasteiger partial charge in [-0.1, -0.05) is 0 Å². The highest BCUT2D eigenvalue weighted by atomic mass is 16.6. The third kappa shape index (κ3) is 11.9. The number of ether oxygens (including phenoxy) is 3. The summed E-state index contributed by atoms with van der Waals surface area (Å²) in [5.74, 6) is -0.960. The summed E-state index contributed by atoms with van der Waals surface area (Å²) in [5, 5.41) is 20.8. The minimum Gasteiger partial charge on any atom is -0.460 e. The van der Waals surface area contributed by atoms with E-state index < -0.39 is 35.3 Å². The first-order chi connectivity index (χ1) is 15.7. The maximum Gasteiger partial charge on any atom is 0.413 e. The molecule has 1 aromatic rings. The van der Waals surface area contributed by atoms with E-state index >= 15 is 0 Å². The molecule has 1 unspecified atom stereocenters. The van der Waals surface area contributed by atoms with Crippen molar-refractivity contribution in [3.8, 4) is 5.75 Å². The topological polar surface area (TPSA) is 135 Å². The van der Waals surface area contributed by atoms with E-state index in [0.717, 1.165) is 5.69 Å². The van der Waals surface area contributed by atoms with Crippen molar-refractivity contribution in [2.24, 2.45) is 0 Å². The molecule has 1 amide bonds. The number of amides is 1. The number of hydrogen-bond acceptors (Lipinski definition) is 9. The lowest BCUT2D eigenvalue weighted by Crippen LogP contribution is -2.45. The molecule has 3 N–H and O–H groups in total. The number of rotatable bonds is 11. The van der Waals surface area contributed by atoms with Crippen molar-refractivity contribution >= 4 is 23.7 Å². The molecule has 34 heavy (non-hydrogen) atoms. The number of anilines is 1. The molecule has 0 aliphatic carbocycles. The van der Waals surface area contributed by atoms with Gasteiger partial charge in [0.05, 0.1) is 13.2 Å². The average molecular weight is 483 g/mol. The van der Waals surface area contributed by atoms with Gasteiger partial charge in [-0.15, -0.1) is 0 Å². The fourth-order valence-electron chi connectivity index (χ4n) is 2.89. The molecule has 0 radical (unpaired) electrons. The summed E-state index contributed by atoms with van der Waals surface area (Å²) in [6, 6.07) is 5.37. The Morgan fingerprint density at radius 1 is 0.912 bits per heavy atom. The second-order valence-corrected chi connectivity index (χ2v) is 9.67. The summed E-state index contributed by atoms with van der Waals surface area (Å²) in [6.45, 7) is 10.9. The minimum atomic E-state index is -1.11. The van der Waals surface area contributed by atoms with E-state index in [1.807, 2.05) is 0 Å².